The highest BCUT2D eigenvalue weighted by Gasteiger charge is 2.09. The molecule has 0 aliphatic rings. The molecule has 0 atom stereocenters. The Balaban J connectivity index is 2.08. The van der Waals surface area contributed by atoms with Gasteiger partial charge in [-0.25, -0.2) is 9.37 Å². The van der Waals surface area contributed by atoms with E-state index in [1.807, 2.05) is 0 Å². The van der Waals surface area contributed by atoms with Gasteiger partial charge in [-0.1, -0.05) is 23.7 Å². The van der Waals surface area contributed by atoms with Crippen molar-refractivity contribution in [2.75, 3.05) is 0 Å². The van der Waals surface area contributed by atoms with E-state index in [-0.39, 0.29) is 24.7 Å². The molecule has 0 amide bonds. The Hall–Kier alpha value is -1.65. The first-order valence-electron chi connectivity index (χ1n) is 5.32. The molecule has 1 aromatic heterocycles. The van der Waals surface area contributed by atoms with Gasteiger partial charge in [-0.15, -0.1) is 0 Å². The van der Waals surface area contributed by atoms with E-state index < -0.39 is 5.82 Å². The summed E-state index contributed by atoms with van der Waals surface area (Å²) in [5, 5.41) is 9.55. The molecule has 5 heteroatoms. The number of ether oxygens (including phenoxy) is 1. The number of hydrogen-bond donors (Lipinski definition) is 1. The fourth-order valence-corrected chi connectivity index (χ4v) is 1.54. The average Bonchev–Trinajstić information content (AvgIpc) is 2.39. The van der Waals surface area contributed by atoms with Crippen molar-refractivity contribution in [3.8, 4) is 5.88 Å². The molecule has 0 fully saturated rings. The molecule has 0 spiro atoms. The van der Waals surface area contributed by atoms with E-state index in [0.717, 1.165) is 5.56 Å². The summed E-state index contributed by atoms with van der Waals surface area (Å²) in [5.74, 6) is -0.745. The molecule has 0 saturated heterocycles. The van der Waals surface area contributed by atoms with Gasteiger partial charge in [0.25, 0.3) is 5.88 Å². The Morgan fingerprint density at radius 3 is 2.61 bits per heavy atom. The molecule has 0 radical (unpaired) electrons. The van der Waals surface area contributed by atoms with Crippen LogP contribution < -0.4 is 4.74 Å². The second-order valence-corrected chi connectivity index (χ2v) is 4.10. The normalized spacial score (nSPS) is 10.4. The van der Waals surface area contributed by atoms with Crippen molar-refractivity contribution in [1.29, 1.82) is 0 Å². The van der Waals surface area contributed by atoms with Crippen LogP contribution in [0.15, 0.2) is 36.5 Å². The summed E-state index contributed by atoms with van der Waals surface area (Å²) >= 11 is 5.75. The SMILES string of the molecule is OCc1ccnc(OCc2ccc(Cl)cc2)c1F. The van der Waals surface area contributed by atoms with Gasteiger partial charge < -0.3 is 9.84 Å². The summed E-state index contributed by atoms with van der Waals surface area (Å²) < 4.78 is 18.9. The predicted molar refractivity (Wildman–Crippen MR) is 65.9 cm³/mol. The average molecular weight is 268 g/mol. The number of benzene rings is 1. The maximum absolute atomic E-state index is 13.7. The molecular weight excluding hydrogens is 257 g/mol. The van der Waals surface area contributed by atoms with Crippen LogP contribution in [0.4, 0.5) is 4.39 Å². The minimum atomic E-state index is -0.631. The smallest absolute Gasteiger partial charge is 0.251 e. The zero-order valence-corrected chi connectivity index (χ0v) is 10.2. The van der Waals surface area contributed by atoms with Crippen molar-refractivity contribution >= 4 is 11.6 Å². The molecule has 1 heterocycles. The Morgan fingerprint density at radius 2 is 1.94 bits per heavy atom. The third kappa shape index (κ3) is 2.97. The van der Waals surface area contributed by atoms with Crippen LogP contribution in [0.5, 0.6) is 5.88 Å². The van der Waals surface area contributed by atoms with Crippen LogP contribution in [0.3, 0.4) is 0 Å². The first-order chi connectivity index (χ1) is 8.70. The monoisotopic (exact) mass is 267 g/mol. The number of aliphatic hydroxyl groups is 1. The Labute approximate surface area is 109 Å². The van der Waals surface area contributed by atoms with Gasteiger partial charge in [0.15, 0.2) is 5.82 Å². The lowest BCUT2D eigenvalue weighted by atomic mass is 10.2. The Bertz CT molecular complexity index is 531. The fourth-order valence-electron chi connectivity index (χ4n) is 1.42. The molecule has 1 N–H and O–H groups in total. The fraction of sp³-hybridized carbons (Fsp3) is 0.154. The van der Waals surface area contributed by atoms with Gasteiger partial charge in [0.2, 0.25) is 0 Å². The van der Waals surface area contributed by atoms with Gasteiger partial charge in [0.05, 0.1) is 6.61 Å². The molecule has 3 nitrogen and oxygen atoms in total. The minimum absolute atomic E-state index is 0.114. The van der Waals surface area contributed by atoms with E-state index in [4.69, 9.17) is 21.4 Å². The zero-order chi connectivity index (χ0) is 13.0. The third-order valence-corrected chi connectivity index (χ3v) is 2.65. The van der Waals surface area contributed by atoms with Crippen LogP contribution in [0, 0.1) is 5.82 Å². The van der Waals surface area contributed by atoms with Crippen LogP contribution in [0.1, 0.15) is 11.1 Å². The van der Waals surface area contributed by atoms with E-state index in [1.165, 1.54) is 12.3 Å². The van der Waals surface area contributed by atoms with E-state index >= 15 is 0 Å². The summed E-state index contributed by atoms with van der Waals surface area (Å²) in [5.41, 5.74) is 1.02. The van der Waals surface area contributed by atoms with Crippen molar-refractivity contribution in [3.05, 3.63) is 58.5 Å². The summed E-state index contributed by atoms with van der Waals surface area (Å²) in [6.07, 6.45) is 1.39. The lowest BCUT2D eigenvalue weighted by Gasteiger charge is -2.08. The molecule has 0 bridgehead atoms. The highest BCUT2D eigenvalue weighted by atomic mass is 35.5. The van der Waals surface area contributed by atoms with Crippen LogP contribution in [-0.2, 0) is 13.2 Å². The molecule has 0 aliphatic heterocycles. The standard InChI is InChI=1S/C13H11ClFNO2/c14-11-3-1-9(2-4-11)8-18-13-12(15)10(7-17)5-6-16-13/h1-6,17H,7-8H2. The summed E-state index contributed by atoms with van der Waals surface area (Å²) in [4.78, 5) is 3.79. The lowest BCUT2D eigenvalue weighted by Crippen LogP contribution is -2.02. The van der Waals surface area contributed by atoms with Crippen LogP contribution in [-0.4, -0.2) is 10.1 Å². The number of nitrogens with zero attached hydrogens (tertiary/aromatic N) is 1. The maximum atomic E-state index is 13.7. The third-order valence-electron chi connectivity index (χ3n) is 2.40. The second-order valence-electron chi connectivity index (χ2n) is 3.66. The molecule has 0 unspecified atom stereocenters. The highest BCUT2D eigenvalue weighted by Crippen LogP contribution is 2.19. The quantitative estimate of drug-likeness (QED) is 0.926. The van der Waals surface area contributed by atoms with Crippen molar-refractivity contribution in [2.24, 2.45) is 0 Å². The van der Waals surface area contributed by atoms with Gasteiger partial charge >= 0.3 is 0 Å². The largest absolute Gasteiger partial charge is 0.471 e. The van der Waals surface area contributed by atoms with E-state index in [1.54, 1.807) is 24.3 Å². The van der Waals surface area contributed by atoms with Gasteiger partial charge in [-0.3, -0.25) is 0 Å². The summed E-state index contributed by atoms with van der Waals surface area (Å²) in [7, 11) is 0. The molecule has 0 saturated carbocycles. The Morgan fingerprint density at radius 1 is 1.22 bits per heavy atom. The molecule has 0 aliphatic carbocycles. The van der Waals surface area contributed by atoms with Gasteiger partial charge in [0, 0.05) is 16.8 Å². The number of aromatic nitrogens is 1. The van der Waals surface area contributed by atoms with Crippen LogP contribution >= 0.6 is 11.6 Å². The zero-order valence-electron chi connectivity index (χ0n) is 9.44. The van der Waals surface area contributed by atoms with Crippen molar-refractivity contribution < 1.29 is 14.2 Å². The first-order valence-corrected chi connectivity index (χ1v) is 5.70. The minimum Gasteiger partial charge on any atom is -0.471 e. The highest BCUT2D eigenvalue weighted by molar-refractivity contribution is 6.30. The second kappa shape index (κ2) is 5.80. The lowest BCUT2D eigenvalue weighted by molar-refractivity contribution is 0.256. The molecule has 1 aromatic carbocycles. The topological polar surface area (TPSA) is 42.4 Å². The number of rotatable bonds is 4. The van der Waals surface area contributed by atoms with Crippen molar-refractivity contribution in [1.82, 2.24) is 4.98 Å². The van der Waals surface area contributed by atoms with Crippen molar-refractivity contribution in [3.63, 3.8) is 0 Å². The predicted octanol–water partition coefficient (Wildman–Crippen LogP) is 2.95. The maximum Gasteiger partial charge on any atom is 0.251 e. The summed E-state index contributed by atoms with van der Waals surface area (Å²) in [6.45, 7) is -0.193. The molecule has 94 valence electrons. The number of pyridine rings is 1. The van der Waals surface area contributed by atoms with E-state index in [2.05, 4.69) is 4.98 Å². The van der Waals surface area contributed by atoms with E-state index in [0.29, 0.717) is 5.02 Å². The van der Waals surface area contributed by atoms with Crippen LogP contribution in [0.2, 0.25) is 5.02 Å². The molecular formula is C13H11ClFNO2. The van der Waals surface area contributed by atoms with Gasteiger partial charge in [0.1, 0.15) is 6.61 Å². The number of halogens is 2. The van der Waals surface area contributed by atoms with E-state index in [9.17, 15) is 4.39 Å². The van der Waals surface area contributed by atoms with Crippen LogP contribution in [0.25, 0.3) is 0 Å². The Kier molecular flexibility index (Phi) is 4.12. The summed E-state index contributed by atoms with van der Waals surface area (Å²) in [6, 6.07) is 8.44. The molecule has 2 rings (SSSR count). The van der Waals surface area contributed by atoms with Gasteiger partial charge in [-0.2, -0.15) is 0 Å². The van der Waals surface area contributed by atoms with Gasteiger partial charge in [-0.05, 0) is 23.8 Å². The first kappa shape index (κ1) is 12.8. The molecule has 18 heavy (non-hydrogen) atoms. The number of aliphatic hydroxyl groups excluding tert-OH is 1. The van der Waals surface area contributed by atoms with Crippen molar-refractivity contribution in [2.45, 2.75) is 13.2 Å². The number of hydrogen-bond acceptors (Lipinski definition) is 3. The molecule has 2 aromatic rings.